The van der Waals surface area contributed by atoms with E-state index in [9.17, 15) is 4.39 Å². The van der Waals surface area contributed by atoms with Crippen LogP contribution >= 0.6 is 0 Å². The van der Waals surface area contributed by atoms with Gasteiger partial charge in [-0.15, -0.1) is 0 Å². The first-order valence-corrected chi connectivity index (χ1v) is 6.30. The van der Waals surface area contributed by atoms with E-state index in [1.807, 2.05) is 31.2 Å². The third kappa shape index (κ3) is 2.47. The Bertz CT molecular complexity index is 570. The summed E-state index contributed by atoms with van der Waals surface area (Å²) < 4.78 is 19.2. The first kappa shape index (κ1) is 13.6. The zero-order chi connectivity index (χ0) is 13.9. The van der Waals surface area contributed by atoms with Gasteiger partial charge in [-0.25, -0.2) is 4.39 Å². The second-order valence-corrected chi connectivity index (χ2v) is 4.54. The highest BCUT2D eigenvalue weighted by Gasteiger charge is 2.30. The van der Waals surface area contributed by atoms with Crippen molar-refractivity contribution in [1.82, 2.24) is 0 Å². The normalized spacial score (nSPS) is 13.9. The van der Waals surface area contributed by atoms with E-state index in [0.29, 0.717) is 12.0 Å². The molecule has 2 aromatic carbocycles. The monoisotopic (exact) mass is 259 g/mol. The van der Waals surface area contributed by atoms with Crippen LogP contribution in [0.2, 0.25) is 0 Å². The van der Waals surface area contributed by atoms with Crippen LogP contribution in [0.4, 0.5) is 4.39 Å². The van der Waals surface area contributed by atoms with Crippen molar-refractivity contribution in [2.24, 2.45) is 5.73 Å². The lowest BCUT2D eigenvalue weighted by Gasteiger charge is -2.30. The summed E-state index contributed by atoms with van der Waals surface area (Å²) in [6, 6.07) is 14.1. The highest BCUT2D eigenvalue weighted by molar-refractivity contribution is 5.41. The van der Waals surface area contributed by atoms with E-state index in [1.54, 1.807) is 25.3 Å². The second-order valence-electron chi connectivity index (χ2n) is 4.54. The molecule has 2 nitrogen and oxygen atoms in total. The number of methoxy groups -OCH3 is 1. The average molecular weight is 259 g/mol. The minimum absolute atomic E-state index is 0.283. The minimum Gasteiger partial charge on any atom is -0.497 e. The zero-order valence-corrected chi connectivity index (χ0v) is 11.2. The molecule has 0 radical (unpaired) electrons. The summed E-state index contributed by atoms with van der Waals surface area (Å²) in [7, 11) is 1.60. The highest BCUT2D eigenvalue weighted by atomic mass is 19.1. The SMILES string of the molecule is CCC(N)(c1cccc(OC)c1)c1ccccc1F. The molecule has 0 bridgehead atoms. The van der Waals surface area contributed by atoms with E-state index in [1.165, 1.54) is 6.07 Å². The van der Waals surface area contributed by atoms with Crippen LogP contribution in [-0.2, 0) is 5.54 Å². The summed E-state index contributed by atoms with van der Waals surface area (Å²) in [6.07, 6.45) is 0.598. The number of ether oxygens (including phenoxy) is 1. The average Bonchev–Trinajstić information content (AvgIpc) is 2.47. The first-order chi connectivity index (χ1) is 9.11. The van der Waals surface area contributed by atoms with Crippen LogP contribution in [0.5, 0.6) is 5.75 Å². The van der Waals surface area contributed by atoms with Gasteiger partial charge in [0, 0.05) is 5.56 Å². The van der Waals surface area contributed by atoms with Crippen molar-refractivity contribution in [3.8, 4) is 5.75 Å². The number of benzene rings is 2. The summed E-state index contributed by atoms with van der Waals surface area (Å²) in [6.45, 7) is 1.95. The van der Waals surface area contributed by atoms with Gasteiger partial charge in [-0.05, 0) is 30.2 Å². The van der Waals surface area contributed by atoms with E-state index in [0.717, 1.165) is 11.3 Å². The molecule has 3 heteroatoms. The van der Waals surface area contributed by atoms with Crippen molar-refractivity contribution >= 4 is 0 Å². The van der Waals surface area contributed by atoms with Gasteiger partial charge in [0.15, 0.2) is 0 Å². The van der Waals surface area contributed by atoms with Crippen molar-refractivity contribution in [3.63, 3.8) is 0 Å². The van der Waals surface area contributed by atoms with Gasteiger partial charge < -0.3 is 10.5 Å². The largest absolute Gasteiger partial charge is 0.497 e. The van der Waals surface area contributed by atoms with Gasteiger partial charge in [-0.3, -0.25) is 0 Å². The number of halogens is 1. The summed E-state index contributed by atoms with van der Waals surface area (Å²) >= 11 is 0. The van der Waals surface area contributed by atoms with Crippen LogP contribution in [0.1, 0.15) is 24.5 Å². The number of hydrogen-bond donors (Lipinski definition) is 1. The van der Waals surface area contributed by atoms with E-state index < -0.39 is 5.54 Å². The van der Waals surface area contributed by atoms with Crippen LogP contribution < -0.4 is 10.5 Å². The maximum atomic E-state index is 14.0. The highest BCUT2D eigenvalue weighted by Crippen LogP contribution is 2.33. The Labute approximate surface area is 113 Å². The van der Waals surface area contributed by atoms with Crippen molar-refractivity contribution in [1.29, 1.82) is 0 Å². The third-order valence-corrected chi connectivity index (χ3v) is 3.50. The second kappa shape index (κ2) is 5.41. The standard InChI is InChI=1S/C16H18FNO/c1-3-16(18,14-9-4-5-10-15(14)17)12-7-6-8-13(11-12)19-2/h4-11H,3,18H2,1-2H3. The molecule has 0 aliphatic carbocycles. The molecule has 0 fully saturated rings. The predicted molar refractivity (Wildman–Crippen MR) is 74.7 cm³/mol. The Morgan fingerprint density at radius 1 is 1.16 bits per heavy atom. The lowest BCUT2D eigenvalue weighted by Crippen LogP contribution is -2.38. The molecule has 1 atom stereocenters. The van der Waals surface area contributed by atoms with Crippen molar-refractivity contribution in [2.45, 2.75) is 18.9 Å². The molecular formula is C16H18FNO. The lowest BCUT2D eigenvalue weighted by molar-refractivity contribution is 0.410. The van der Waals surface area contributed by atoms with Crippen LogP contribution in [0.25, 0.3) is 0 Å². The maximum absolute atomic E-state index is 14.0. The van der Waals surface area contributed by atoms with Crippen molar-refractivity contribution in [3.05, 3.63) is 65.5 Å². The molecule has 19 heavy (non-hydrogen) atoms. The molecule has 0 aliphatic heterocycles. The summed E-state index contributed by atoms with van der Waals surface area (Å²) in [5.41, 5.74) is 6.97. The number of rotatable bonds is 4. The Kier molecular flexibility index (Phi) is 3.86. The lowest BCUT2D eigenvalue weighted by atomic mass is 9.81. The number of hydrogen-bond acceptors (Lipinski definition) is 2. The molecule has 0 saturated carbocycles. The van der Waals surface area contributed by atoms with Crippen molar-refractivity contribution in [2.75, 3.05) is 7.11 Å². The molecule has 0 heterocycles. The first-order valence-electron chi connectivity index (χ1n) is 6.30. The topological polar surface area (TPSA) is 35.2 Å². The van der Waals surface area contributed by atoms with Crippen LogP contribution in [0.3, 0.4) is 0 Å². The molecule has 0 amide bonds. The summed E-state index contributed by atoms with van der Waals surface area (Å²) in [5.74, 6) is 0.437. The fraction of sp³-hybridized carbons (Fsp3) is 0.250. The molecular weight excluding hydrogens is 241 g/mol. The predicted octanol–water partition coefficient (Wildman–Crippen LogP) is 3.45. The molecule has 0 spiro atoms. The van der Waals surface area contributed by atoms with E-state index >= 15 is 0 Å². The molecule has 0 saturated heterocycles. The quantitative estimate of drug-likeness (QED) is 0.912. The third-order valence-electron chi connectivity index (χ3n) is 3.50. The molecule has 2 N–H and O–H groups in total. The number of nitrogens with two attached hydrogens (primary N) is 1. The molecule has 2 aromatic rings. The van der Waals surface area contributed by atoms with Crippen LogP contribution in [0, 0.1) is 5.82 Å². The van der Waals surface area contributed by atoms with Crippen LogP contribution in [0.15, 0.2) is 48.5 Å². The molecule has 0 aromatic heterocycles. The van der Waals surface area contributed by atoms with E-state index in [4.69, 9.17) is 10.5 Å². The van der Waals surface area contributed by atoms with E-state index in [-0.39, 0.29) is 5.82 Å². The van der Waals surface area contributed by atoms with Gasteiger partial charge in [-0.1, -0.05) is 37.3 Å². The summed E-state index contributed by atoms with van der Waals surface area (Å²) in [5, 5.41) is 0. The Morgan fingerprint density at radius 3 is 2.53 bits per heavy atom. The van der Waals surface area contributed by atoms with Gasteiger partial charge in [0.1, 0.15) is 11.6 Å². The Balaban J connectivity index is 2.56. The molecule has 1 unspecified atom stereocenters. The van der Waals surface area contributed by atoms with Gasteiger partial charge in [0.2, 0.25) is 0 Å². The fourth-order valence-corrected chi connectivity index (χ4v) is 2.27. The summed E-state index contributed by atoms with van der Waals surface area (Å²) in [4.78, 5) is 0. The maximum Gasteiger partial charge on any atom is 0.128 e. The van der Waals surface area contributed by atoms with Gasteiger partial charge >= 0.3 is 0 Å². The van der Waals surface area contributed by atoms with Gasteiger partial charge in [0.25, 0.3) is 0 Å². The van der Waals surface area contributed by atoms with Gasteiger partial charge in [0.05, 0.1) is 12.6 Å². The van der Waals surface area contributed by atoms with Crippen molar-refractivity contribution < 1.29 is 9.13 Å². The molecule has 0 aliphatic rings. The smallest absolute Gasteiger partial charge is 0.128 e. The zero-order valence-electron chi connectivity index (χ0n) is 11.2. The minimum atomic E-state index is -0.847. The Morgan fingerprint density at radius 2 is 1.89 bits per heavy atom. The molecule has 2 rings (SSSR count). The van der Waals surface area contributed by atoms with Gasteiger partial charge in [-0.2, -0.15) is 0 Å². The molecule has 100 valence electrons. The Hall–Kier alpha value is -1.87. The van der Waals surface area contributed by atoms with E-state index in [2.05, 4.69) is 0 Å². The van der Waals surface area contributed by atoms with Crippen LogP contribution in [-0.4, -0.2) is 7.11 Å². The fourth-order valence-electron chi connectivity index (χ4n) is 2.27.